The van der Waals surface area contributed by atoms with Gasteiger partial charge in [-0.05, 0) is 51.3 Å². The van der Waals surface area contributed by atoms with Crippen molar-refractivity contribution in [2.45, 2.75) is 45.8 Å². The maximum Gasteiger partial charge on any atom is 0.410 e. The van der Waals surface area contributed by atoms with Crippen molar-refractivity contribution in [3.63, 3.8) is 0 Å². The van der Waals surface area contributed by atoms with Crippen LogP contribution in [0.4, 0.5) is 10.5 Å². The van der Waals surface area contributed by atoms with E-state index in [4.69, 9.17) is 9.47 Å². The fourth-order valence-corrected chi connectivity index (χ4v) is 3.33. The first-order valence-corrected chi connectivity index (χ1v) is 10.4. The van der Waals surface area contributed by atoms with Crippen LogP contribution < -0.4 is 10.1 Å². The zero-order valence-electron chi connectivity index (χ0n) is 17.9. The van der Waals surface area contributed by atoms with Crippen molar-refractivity contribution in [2.24, 2.45) is 5.92 Å². The average Bonchev–Trinajstić information content (AvgIpc) is 2.72. The first kappa shape index (κ1) is 21.7. The molecule has 0 aliphatic carbocycles. The second-order valence-corrected chi connectivity index (χ2v) is 8.56. The highest BCUT2D eigenvalue weighted by atomic mass is 16.6. The largest absolute Gasteiger partial charge is 0.489 e. The van der Waals surface area contributed by atoms with Gasteiger partial charge in [-0.2, -0.15) is 0 Å². The minimum absolute atomic E-state index is 0.0940. The molecule has 1 fully saturated rings. The topological polar surface area (TPSA) is 67.9 Å². The molecule has 1 aliphatic rings. The van der Waals surface area contributed by atoms with Crippen LogP contribution >= 0.6 is 0 Å². The highest BCUT2D eigenvalue weighted by molar-refractivity contribution is 5.93. The van der Waals surface area contributed by atoms with E-state index in [1.807, 2.05) is 75.4 Å². The molecule has 1 heterocycles. The number of rotatable bonds is 5. The van der Waals surface area contributed by atoms with Crippen LogP contribution in [-0.2, 0) is 16.1 Å². The monoisotopic (exact) mass is 410 g/mol. The van der Waals surface area contributed by atoms with Crippen LogP contribution in [0.3, 0.4) is 0 Å². The Kier molecular flexibility index (Phi) is 6.98. The molecule has 0 spiro atoms. The normalized spacial score (nSPS) is 16.6. The van der Waals surface area contributed by atoms with Gasteiger partial charge in [0.1, 0.15) is 18.0 Å². The smallest absolute Gasteiger partial charge is 0.410 e. The highest BCUT2D eigenvalue weighted by Crippen LogP contribution is 2.23. The molecule has 6 nitrogen and oxygen atoms in total. The van der Waals surface area contributed by atoms with E-state index in [2.05, 4.69) is 5.32 Å². The molecule has 0 saturated carbocycles. The van der Waals surface area contributed by atoms with E-state index >= 15 is 0 Å². The Labute approximate surface area is 178 Å². The van der Waals surface area contributed by atoms with Crippen LogP contribution in [0.15, 0.2) is 54.6 Å². The van der Waals surface area contributed by atoms with E-state index in [9.17, 15) is 9.59 Å². The number of nitrogens with zero attached hydrogens (tertiary/aromatic N) is 1. The minimum Gasteiger partial charge on any atom is -0.489 e. The molecule has 3 rings (SSSR count). The maximum absolute atomic E-state index is 12.8. The molecule has 1 unspecified atom stereocenters. The molecular weight excluding hydrogens is 380 g/mol. The number of benzene rings is 2. The number of piperidine rings is 1. The summed E-state index contributed by atoms with van der Waals surface area (Å²) in [4.78, 5) is 26.7. The molecule has 160 valence electrons. The molecular formula is C24H30N2O4. The number of ether oxygens (including phenoxy) is 2. The number of likely N-dealkylation sites (tertiary alicyclic amines) is 1. The summed E-state index contributed by atoms with van der Waals surface area (Å²) in [5.41, 5.74) is 1.21. The van der Waals surface area contributed by atoms with Crippen molar-refractivity contribution < 1.29 is 19.1 Å². The predicted octanol–water partition coefficient (Wildman–Crippen LogP) is 4.85. The molecule has 6 heteroatoms. The fraction of sp³-hybridized carbons (Fsp3) is 0.417. The lowest BCUT2D eigenvalue weighted by molar-refractivity contribution is -0.121. The number of carbonyl (C=O) groups excluding carboxylic acids is 2. The maximum atomic E-state index is 12.8. The van der Waals surface area contributed by atoms with Gasteiger partial charge in [-0.15, -0.1) is 0 Å². The summed E-state index contributed by atoms with van der Waals surface area (Å²) in [7, 11) is 0. The Bertz CT molecular complexity index is 861. The van der Waals surface area contributed by atoms with Crippen LogP contribution in [0.1, 0.15) is 39.2 Å². The average molecular weight is 411 g/mol. The van der Waals surface area contributed by atoms with Crippen molar-refractivity contribution in [1.82, 2.24) is 4.90 Å². The van der Waals surface area contributed by atoms with Gasteiger partial charge in [0.25, 0.3) is 0 Å². The Hall–Kier alpha value is -3.02. The molecule has 2 aromatic carbocycles. The zero-order chi connectivity index (χ0) is 21.6. The summed E-state index contributed by atoms with van der Waals surface area (Å²) in [5, 5.41) is 2.96. The lowest BCUT2D eigenvalue weighted by Crippen LogP contribution is -2.45. The highest BCUT2D eigenvalue weighted by Gasteiger charge is 2.31. The quantitative estimate of drug-likeness (QED) is 0.765. The molecule has 1 saturated heterocycles. The molecule has 1 aliphatic heterocycles. The number of anilines is 1. The van der Waals surface area contributed by atoms with E-state index in [1.54, 1.807) is 4.90 Å². The third kappa shape index (κ3) is 6.51. The van der Waals surface area contributed by atoms with Crippen molar-refractivity contribution in [3.8, 4) is 5.75 Å². The number of amides is 2. The lowest BCUT2D eigenvalue weighted by atomic mass is 9.97. The van der Waals surface area contributed by atoms with Crippen molar-refractivity contribution in [2.75, 3.05) is 18.4 Å². The zero-order valence-corrected chi connectivity index (χ0v) is 17.9. The van der Waals surface area contributed by atoms with Gasteiger partial charge in [-0.25, -0.2) is 4.79 Å². The summed E-state index contributed by atoms with van der Waals surface area (Å²) in [5.74, 6) is 0.333. The number of hydrogen-bond donors (Lipinski definition) is 1. The van der Waals surface area contributed by atoms with Gasteiger partial charge in [0.15, 0.2) is 0 Å². The van der Waals surface area contributed by atoms with Crippen molar-refractivity contribution in [3.05, 3.63) is 60.2 Å². The number of carbonyl (C=O) groups is 2. The predicted molar refractivity (Wildman–Crippen MR) is 116 cm³/mol. The molecule has 1 atom stereocenters. The van der Waals surface area contributed by atoms with Crippen LogP contribution in [0.2, 0.25) is 0 Å². The minimum atomic E-state index is -0.549. The Balaban J connectivity index is 1.55. The van der Waals surface area contributed by atoms with Crippen LogP contribution in [0.5, 0.6) is 5.75 Å². The third-order valence-electron chi connectivity index (χ3n) is 4.79. The lowest BCUT2D eigenvalue weighted by Gasteiger charge is -2.33. The first-order chi connectivity index (χ1) is 14.3. The van der Waals surface area contributed by atoms with Crippen LogP contribution in [-0.4, -0.2) is 35.6 Å². The summed E-state index contributed by atoms with van der Waals surface area (Å²) in [6, 6.07) is 17.3. The molecule has 0 radical (unpaired) electrons. The Morgan fingerprint density at radius 3 is 2.60 bits per heavy atom. The SMILES string of the molecule is CC(C)(C)OC(=O)N1CCCC(C(=O)Nc2cccc(OCc3ccccc3)c2)C1. The van der Waals surface area contributed by atoms with E-state index in [-0.39, 0.29) is 17.9 Å². The van der Waals surface area contributed by atoms with Crippen molar-refractivity contribution >= 4 is 17.7 Å². The number of nitrogens with one attached hydrogen (secondary N) is 1. The van der Waals surface area contributed by atoms with Gasteiger partial charge in [-0.1, -0.05) is 36.4 Å². The molecule has 0 aromatic heterocycles. The molecule has 1 N–H and O–H groups in total. The molecule has 2 amide bonds. The Morgan fingerprint density at radius 2 is 1.87 bits per heavy atom. The number of hydrogen-bond acceptors (Lipinski definition) is 4. The van der Waals surface area contributed by atoms with Gasteiger partial charge in [0, 0.05) is 24.8 Å². The van der Waals surface area contributed by atoms with Gasteiger partial charge in [0.05, 0.1) is 5.92 Å². The second-order valence-electron chi connectivity index (χ2n) is 8.56. The van der Waals surface area contributed by atoms with Gasteiger partial charge in [0.2, 0.25) is 5.91 Å². The summed E-state index contributed by atoms with van der Waals surface area (Å²) in [6.45, 7) is 6.96. The van der Waals surface area contributed by atoms with Gasteiger partial charge in [-0.3, -0.25) is 4.79 Å². The fourth-order valence-electron chi connectivity index (χ4n) is 3.33. The van der Waals surface area contributed by atoms with Crippen molar-refractivity contribution in [1.29, 1.82) is 0 Å². The van der Waals surface area contributed by atoms with Crippen LogP contribution in [0, 0.1) is 5.92 Å². The van der Waals surface area contributed by atoms with E-state index in [1.165, 1.54) is 0 Å². The molecule has 0 bridgehead atoms. The summed E-state index contributed by atoms with van der Waals surface area (Å²) in [6.07, 6.45) is 1.16. The molecule has 30 heavy (non-hydrogen) atoms. The van der Waals surface area contributed by atoms with Gasteiger partial charge >= 0.3 is 6.09 Å². The van der Waals surface area contributed by atoms with Gasteiger partial charge < -0.3 is 19.7 Å². The standard InChI is InChI=1S/C24H30N2O4/c1-24(2,3)30-23(28)26-14-8-11-19(16-26)22(27)25-20-12-7-13-21(15-20)29-17-18-9-5-4-6-10-18/h4-7,9-10,12-13,15,19H,8,11,14,16-17H2,1-3H3,(H,25,27). The first-order valence-electron chi connectivity index (χ1n) is 10.4. The van der Waals surface area contributed by atoms with E-state index < -0.39 is 5.60 Å². The van der Waals surface area contributed by atoms with Crippen LogP contribution in [0.25, 0.3) is 0 Å². The third-order valence-corrected chi connectivity index (χ3v) is 4.79. The van der Waals surface area contributed by atoms with E-state index in [0.29, 0.717) is 31.1 Å². The summed E-state index contributed by atoms with van der Waals surface area (Å²) >= 11 is 0. The van der Waals surface area contributed by atoms with E-state index in [0.717, 1.165) is 18.4 Å². The molecule has 2 aromatic rings. The second kappa shape index (κ2) is 9.65. The summed E-state index contributed by atoms with van der Waals surface area (Å²) < 4.78 is 11.3. The Morgan fingerprint density at radius 1 is 1.10 bits per heavy atom.